The molecule has 1 aromatic carbocycles. The van der Waals surface area contributed by atoms with E-state index in [0.717, 1.165) is 17.4 Å². The highest BCUT2D eigenvalue weighted by Crippen LogP contribution is 2.30. The molecule has 4 N–H and O–H groups in total. The van der Waals surface area contributed by atoms with Crippen molar-refractivity contribution >= 4 is 21.8 Å². The van der Waals surface area contributed by atoms with Gasteiger partial charge in [0.15, 0.2) is 0 Å². The maximum absolute atomic E-state index is 11.3. The molecule has 19 heavy (non-hydrogen) atoms. The van der Waals surface area contributed by atoms with Gasteiger partial charge in [-0.05, 0) is 37.6 Å². The van der Waals surface area contributed by atoms with Crippen LogP contribution in [-0.4, -0.2) is 29.9 Å². The van der Waals surface area contributed by atoms with Crippen LogP contribution in [0.5, 0.6) is 0 Å². The quantitative estimate of drug-likeness (QED) is 0.884. The molecule has 104 valence electrons. The third kappa shape index (κ3) is 3.35. The van der Waals surface area contributed by atoms with Gasteiger partial charge in [0.25, 0.3) is 0 Å². The fourth-order valence-electron chi connectivity index (χ4n) is 2.78. The zero-order valence-corrected chi connectivity index (χ0v) is 12.6. The smallest absolute Gasteiger partial charge is 0.221 e. The van der Waals surface area contributed by atoms with Gasteiger partial charge in [-0.2, -0.15) is 0 Å². The summed E-state index contributed by atoms with van der Waals surface area (Å²) < 4.78 is 1.05. The molecule has 0 spiro atoms. The van der Waals surface area contributed by atoms with E-state index in [2.05, 4.69) is 33.0 Å². The molecule has 1 saturated heterocycles. The fourth-order valence-corrected chi connectivity index (χ4v) is 3.04. The predicted molar refractivity (Wildman–Crippen MR) is 79.4 cm³/mol. The van der Waals surface area contributed by atoms with Gasteiger partial charge in [0.2, 0.25) is 5.91 Å². The Labute approximate surface area is 122 Å². The van der Waals surface area contributed by atoms with Gasteiger partial charge in [-0.3, -0.25) is 9.69 Å². The Kier molecular flexibility index (Phi) is 4.60. The second-order valence-electron chi connectivity index (χ2n) is 5.24. The maximum Gasteiger partial charge on any atom is 0.221 e. The Morgan fingerprint density at radius 2 is 2.05 bits per heavy atom. The molecule has 2 rings (SSSR count). The largest absolute Gasteiger partial charge is 0.369 e. The topological polar surface area (TPSA) is 72.3 Å². The Balaban J connectivity index is 2.17. The van der Waals surface area contributed by atoms with Gasteiger partial charge < -0.3 is 11.5 Å². The Morgan fingerprint density at radius 1 is 1.42 bits per heavy atom. The third-order valence-corrected chi connectivity index (χ3v) is 4.25. The lowest BCUT2D eigenvalue weighted by Gasteiger charge is -2.31. The zero-order valence-electron chi connectivity index (χ0n) is 11.1. The van der Waals surface area contributed by atoms with Crippen molar-refractivity contribution in [2.24, 2.45) is 17.4 Å². The van der Waals surface area contributed by atoms with Crippen LogP contribution in [0.1, 0.15) is 24.9 Å². The summed E-state index contributed by atoms with van der Waals surface area (Å²) in [6, 6.07) is 8.34. The van der Waals surface area contributed by atoms with Crippen molar-refractivity contribution in [1.29, 1.82) is 0 Å². The van der Waals surface area contributed by atoms with E-state index < -0.39 is 0 Å². The number of benzene rings is 1. The van der Waals surface area contributed by atoms with Crippen molar-refractivity contribution in [2.75, 3.05) is 13.1 Å². The first kappa shape index (κ1) is 14.5. The van der Waals surface area contributed by atoms with E-state index in [1.54, 1.807) is 0 Å². The summed E-state index contributed by atoms with van der Waals surface area (Å²) in [6.07, 6.45) is 0.828. The van der Waals surface area contributed by atoms with E-state index in [1.807, 2.05) is 19.1 Å². The molecule has 0 aliphatic carbocycles. The van der Waals surface area contributed by atoms with Crippen LogP contribution in [0, 0.1) is 5.92 Å². The minimum atomic E-state index is -0.207. The van der Waals surface area contributed by atoms with Crippen LogP contribution in [0.15, 0.2) is 28.7 Å². The predicted octanol–water partition coefficient (Wildman–Crippen LogP) is 1.64. The average molecular weight is 326 g/mol. The van der Waals surface area contributed by atoms with E-state index in [0.29, 0.717) is 6.54 Å². The van der Waals surface area contributed by atoms with Gasteiger partial charge in [-0.1, -0.05) is 28.1 Å². The lowest BCUT2D eigenvalue weighted by molar-refractivity contribution is -0.121. The molecule has 1 fully saturated rings. The maximum atomic E-state index is 11.3. The fraction of sp³-hybridized carbons (Fsp3) is 0.500. The second-order valence-corrected chi connectivity index (χ2v) is 6.15. The summed E-state index contributed by atoms with van der Waals surface area (Å²) >= 11 is 3.44. The zero-order chi connectivity index (χ0) is 14.0. The minimum Gasteiger partial charge on any atom is -0.369 e. The van der Waals surface area contributed by atoms with E-state index in [4.69, 9.17) is 11.5 Å². The Bertz CT molecular complexity index is 447. The van der Waals surface area contributed by atoms with Gasteiger partial charge in [-0.25, -0.2) is 0 Å². The number of halogens is 1. The first-order chi connectivity index (χ1) is 8.99. The Morgan fingerprint density at radius 3 is 2.53 bits per heavy atom. The number of primary amides is 1. The van der Waals surface area contributed by atoms with E-state index in [-0.39, 0.29) is 23.9 Å². The van der Waals surface area contributed by atoms with Crippen LogP contribution in [0.2, 0.25) is 0 Å². The van der Waals surface area contributed by atoms with E-state index >= 15 is 0 Å². The van der Waals surface area contributed by atoms with Gasteiger partial charge in [0.05, 0.1) is 5.92 Å². The lowest BCUT2D eigenvalue weighted by atomic mass is 9.99. The SMILES string of the molecule is CC(N)C(c1ccc(Br)cc1)N1CCC(C(N)=O)C1. The summed E-state index contributed by atoms with van der Waals surface area (Å²) in [5.41, 5.74) is 12.7. The standard InChI is InChI=1S/C14H20BrN3O/c1-9(16)13(10-2-4-12(15)5-3-10)18-7-6-11(8-18)14(17)19/h2-5,9,11,13H,6-8,16H2,1H3,(H2,17,19). The number of nitrogens with zero attached hydrogens (tertiary/aromatic N) is 1. The number of hydrogen-bond acceptors (Lipinski definition) is 3. The molecule has 4 nitrogen and oxygen atoms in total. The Hall–Kier alpha value is -0.910. The summed E-state index contributed by atoms with van der Waals surface area (Å²) in [7, 11) is 0. The lowest BCUT2D eigenvalue weighted by Crippen LogP contribution is -2.39. The molecule has 3 atom stereocenters. The number of carbonyl (C=O) groups is 1. The van der Waals surface area contributed by atoms with Gasteiger partial charge in [-0.15, -0.1) is 0 Å². The van der Waals surface area contributed by atoms with E-state index in [1.165, 1.54) is 5.56 Å². The number of carbonyl (C=O) groups excluding carboxylic acids is 1. The summed E-state index contributed by atoms with van der Waals surface area (Å²) in [6.45, 7) is 3.58. The molecule has 0 bridgehead atoms. The highest BCUT2D eigenvalue weighted by atomic mass is 79.9. The molecule has 0 aromatic heterocycles. The summed E-state index contributed by atoms with van der Waals surface area (Å²) in [4.78, 5) is 13.5. The molecular formula is C14H20BrN3O. The van der Waals surface area contributed by atoms with Crippen LogP contribution < -0.4 is 11.5 Å². The first-order valence-electron chi connectivity index (χ1n) is 6.53. The highest BCUT2D eigenvalue weighted by Gasteiger charge is 2.33. The molecule has 3 unspecified atom stereocenters. The highest BCUT2D eigenvalue weighted by molar-refractivity contribution is 9.10. The van der Waals surface area contributed by atoms with Crippen molar-refractivity contribution in [3.05, 3.63) is 34.3 Å². The van der Waals surface area contributed by atoms with Crippen molar-refractivity contribution in [3.8, 4) is 0 Å². The van der Waals surface area contributed by atoms with Crippen LogP contribution in [0.4, 0.5) is 0 Å². The normalized spacial score (nSPS) is 23.2. The molecule has 5 heteroatoms. The van der Waals surface area contributed by atoms with Gasteiger partial charge in [0.1, 0.15) is 0 Å². The number of nitrogens with two attached hydrogens (primary N) is 2. The molecule has 1 aromatic rings. The van der Waals surface area contributed by atoms with Crippen LogP contribution in [0.25, 0.3) is 0 Å². The molecular weight excluding hydrogens is 306 g/mol. The van der Waals surface area contributed by atoms with E-state index in [9.17, 15) is 4.79 Å². The van der Waals surface area contributed by atoms with Gasteiger partial charge in [0, 0.05) is 23.1 Å². The first-order valence-corrected chi connectivity index (χ1v) is 7.32. The molecule has 1 aliphatic rings. The van der Waals surface area contributed by atoms with Crippen LogP contribution in [-0.2, 0) is 4.79 Å². The monoisotopic (exact) mass is 325 g/mol. The number of rotatable bonds is 4. The summed E-state index contributed by atoms with van der Waals surface area (Å²) in [5.74, 6) is -0.251. The molecule has 0 radical (unpaired) electrons. The van der Waals surface area contributed by atoms with Gasteiger partial charge >= 0.3 is 0 Å². The number of hydrogen-bond donors (Lipinski definition) is 2. The molecule has 1 heterocycles. The number of amides is 1. The van der Waals surface area contributed by atoms with Crippen LogP contribution in [0.3, 0.4) is 0 Å². The van der Waals surface area contributed by atoms with Crippen LogP contribution >= 0.6 is 15.9 Å². The summed E-state index contributed by atoms with van der Waals surface area (Å²) in [5, 5.41) is 0. The number of likely N-dealkylation sites (tertiary alicyclic amines) is 1. The molecule has 1 aliphatic heterocycles. The molecule has 0 saturated carbocycles. The second kappa shape index (κ2) is 6.03. The van der Waals surface area contributed by atoms with Crippen molar-refractivity contribution < 1.29 is 4.79 Å². The molecule has 1 amide bonds. The average Bonchev–Trinajstić information content (AvgIpc) is 2.81. The minimum absolute atomic E-state index is 0.00722. The van der Waals surface area contributed by atoms with Crippen molar-refractivity contribution in [1.82, 2.24) is 4.90 Å². The third-order valence-electron chi connectivity index (χ3n) is 3.72. The van der Waals surface area contributed by atoms with Crippen molar-refractivity contribution in [3.63, 3.8) is 0 Å². The van der Waals surface area contributed by atoms with Crippen molar-refractivity contribution in [2.45, 2.75) is 25.4 Å².